The average Bonchev–Trinajstić information content (AvgIpc) is 3.27. The molecule has 12 heteroatoms. The number of aromatic nitrogens is 4. The van der Waals surface area contributed by atoms with Crippen LogP contribution in [0.3, 0.4) is 0 Å². The Balaban J connectivity index is 0.00000253. The van der Waals surface area contributed by atoms with Gasteiger partial charge in [0.05, 0.1) is 30.0 Å². The lowest BCUT2D eigenvalue weighted by Gasteiger charge is -2.37. The number of fused-ring (bicyclic) bond motifs is 1. The number of amides is 1. The molecule has 2 aromatic heterocycles. The highest BCUT2D eigenvalue weighted by Crippen LogP contribution is 2.43. The van der Waals surface area contributed by atoms with Crippen molar-refractivity contribution in [2.75, 3.05) is 61.5 Å². The molecule has 11 nitrogen and oxygen atoms in total. The number of rotatable bonds is 4. The Morgan fingerprint density at radius 3 is 2.46 bits per heavy atom. The molecular weight excluding hydrogens is 470 g/mol. The summed E-state index contributed by atoms with van der Waals surface area (Å²) < 4.78 is 5.54. The Labute approximate surface area is 210 Å². The van der Waals surface area contributed by atoms with Gasteiger partial charge >= 0.3 is 0 Å². The highest BCUT2D eigenvalue weighted by atomic mass is 35.5. The van der Waals surface area contributed by atoms with Gasteiger partial charge in [-0.05, 0) is 32.6 Å². The van der Waals surface area contributed by atoms with Gasteiger partial charge in [-0.15, -0.1) is 12.4 Å². The van der Waals surface area contributed by atoms with Crippen molar-refractivity contribution in [2.24, 2.45) is 5.73 Å². The number of hydrogen-bond acceptors (Lipinski definition) is 10. The number of hydrogen-bond donors (Lipinski definition) is 2. The van der Waals surface area contributed by atoms with Gasteiger partial charge in [0.25, 0.3) is 0 Å². The molecule has 5 heterocycles. The molecule has 0 radical (unpaired) electrons. The van der Waals surface area contributed by atoms with Gasteiger partial charge in [-0.25, -0.2) is 15.0 Å². The van der Waals surface area contributed by atoms with Crippen LogP contribution >= 0.6 is 12.4 Å². The summed E-state index contributed by atoms with van der Waals surface area (Å²) in [5.74, 6) is 1.95. The maximum atomic E-state index is 12.9. The molecule has 0 spiro atoms. The number of nitrogen functional groups attached to an aromatic ring is 1. The molecule has 0 aromatic carbocycles. The van der Waals surface area contributed by atoms with Crippen LogP contribution in [0.2, 0.25) is 0 Å². The smallest absolute Gasteiger partial charge is 0.242 e. The molecule has 0 bridgehead atoms. The van der Waals surface area contributed by atoms with E-state index in [9.17, 15) is 4.79 Å². The summed E-state index contributed by atoms with van der Waals surface area (Å²) >= 11 is 0. The van der Waals surface area contributed by atoms with Crippen LogP contribution in [0, 0.1) is 0 Å². The van der Waals surface area contributed by atoms with Crippen LogP contribution in [0.5, 0.6) is 0 Å². The van der Waals surface area contributed by atoms with Crippen LogP contribution < -0.4 is 21.3 Å². The largest absolute Gasteiger partial charge is 0.378 e. The average molecular weight is 502 g/mol. The minimum atomic E-state index is -0.637. The Morgan fingerprint density at radius 1 is 1.06 bits per heavy atom. The fourth-order valence-corrected chi connectivity index (χ4v) is 5.38. The van der Waals surface area contributed by atoms with Gasteiger partial charge in [0, 0.05) is 56.2 Å². The second-order valence-electron chi connectivity index (χ2n) is 10.1. The van der Waals surface area contributed by atoms with Gasteiger partial charge in [-0.1, -0.05) is 0 Å². The molecule has 1 aliphatic carbocycles. The lowest BCUT2D eigenvalue weighted by atomic mass is 9.99. The zero-order chi connectivity index (χ0) is 23.5. The predicted octanol–water partition coefficient (Wildman–Crippen LogP) is 0.619. The van der Waals surface area contributed by atoms with E-state index in [0.29, 0.717) is 25.7 Å². The Bertz CT molecular complexity index is 1120. The molecule has 188 valence electrons. The molecule has 1 saturated carbocycles. The SMILES string of the molecule is C[C@]1(N2CCc3c(-c4cnc(N)nc4)nc(N4CCOCC4)nc32)CCN(C(=O)C2(N)CC2)C1.Cl. The van der Waals surface area contributed by atoms with E-state index in [1.54, 1.807) is 12.4 Å². The summed E-state index contributed by atoms with van der Waals surface area (Å²) in [6, 6.07) is 0. The van der Waals surface area contributed by atoms with E-state index in [-0.39, 0.29) is 29.8 Å². The molecule has 35 heavy (non-hydrogen) atoms. The quantitative estimate of drug-likeness (QED) is 0.612. The fraction of sp³-hybridized carbons (Fsp3) is 0.609. The minimum Gasteiger partial charge on any atom is -0.378 e. The number of carbonyl (C=O) groups excluding carboxylic acids is 1. The molecule has 4 aliphatic rings. The first kappa shape index (κ1) is 24.0. The highest BCUT2D eigenvalue weighted by molar-refractivity contribution is 5.89. The Hall–Kier alpha value is -2.76. The van der Waals surface area contributed by atoms with Crippen LogP contribution in [0.4, 0.5) is 17.7 Å². The van der Waals surface area contributed by atoms with Crippen molar-refractivity contribution in [2.45, 2.75) is 43.7 Å². The number of carbonyl (C=O) groups is 1. The maximum absolute atomic E-state index is 12.9. The predicted molar refractivity (Wildman–Crippen MR) is 135 cm³/mol. The molecule has 1 atom stereocenters. The van der Waals surface area contributed by atoms with Crippen molar-refractivity contribution in [1.29, 1.82) is 0 Å². The molecular formula is C23H32ClN9O2. The van der Waals surface area contributed by atoms with E-state index in [1.807, 2.05) is 4.90 Å². The second-order valence-corrected chi connectivity index (χ2v) is 10.1. The lowest BCUT2D eigenvalue weighted by Crippen LogP contribution is -2.51. The summed E-state index contributed by atoms with van der Waals surface area (Å²) in [5, 5.41) is 0. The normalized spacial score (nSPS) is 24.8. The monoisotopic (exact) mass is 501 g/mol. The van der Waals surface area contributed by atoms with E-state index in [4.69, 9.17) is 26.2 Å². The number of halogens is 1. The van der Waals surface area contributed by atoms with Crippen LogP contribution in [0.25, 0.3) is 11.3 Å². The van der Waals surface area contributed by atoms with Crippen molar-refractivity contribution in [3.63, 3.8) is 0 Å². The number of nitrogens with two attached hydrogens (primary N) is 2. The summed E-state index contributed by atoms with van der Waals surface area (Å²) in [4.78, 5) is 37.8. The molecule has 6 rings (SSSR count). The summed E-state index contributed by atoms with van der Waals surface area (Å²) in [6.45, 7) is 7.23. The third-order valence-electron chi connectivity index (χ3n) is 7.66. The van der Waals surface area contributed by atoms with Crippen LogP contribution in [0.15, 0.2) is 12.4 Å². The van der Waals surface area contributed by atoms with Crippen molar-refractivity contribution in [1.82, 2.24) is 24.8 Å². The number of likely N-dealkylation sites (tertiary alicyclic amines) is 1. The lowest BCUT2D eigenvalue weighted by molar-refractivity contribution is -0.132. The van der Waals surface area contributed by atoms with Crippen LogP contribution in [-0.2, 0) is 16.0 Å². The fourth-order valence-electron chi connectivity index (χ4n) is 5.38. The zero-order valence-electron chi connectivity index (χ0n) is 19.9. The van der Waals surface area contributed by atoms with E-state index in [2.05, 4.69) is 26.7 Å². The summed E-state index contributed by atoms with van der Waals surface area (Å²) in [5.41, 5.74) is 13.9. The van der Waals surface area contributed by atoms with Gasteiger partial charge in [-0.2, -0.15) is 4.98 Å². The molecule has 1 amide bonds. The number of nitrogens with zero attached hydrogens (tertiary/aromatic N) is 7. The first-order valence-electron chi connectivity index (χ1n) is 12.0. The molecule has 2 saturated heterocycles. The Kier molecular flexibility index (Phi) is 5.97. The van der Waals surface area contributed by atoms with Gasteiger partial charge in [0.15, 0.2) is 0 Å². The standard InChI is InChI=1S/C23H31N9O2.ClH/c1-22(5-7-31(14-22)19(33)23(25)3-4-23)32-6-2-16-17(15-12-26-20(24)27-13-15)28-21(29-18(16)32)30-8-10-34-11-9-30;/h12-13H,2-11,14,25H2,1H3,(H2,24,26,27);1H/t22-;/m0./s1. The summed E-state index contributed by atoms with van der Waals surface area (Å²) in [7, 11) is 0. The van der Waals surface area contributed by atoms with Crippen LogP contribution in [-0.4, -0.2) is 87.8 Å². The molecule has 3 fully saturated rings. The first-order chi connectivity index (χ1) is 16.4. The van der Waals surface area contributed by atoms with Crippen molar-refractivity contribution >= 4 is 36.0 Å². The Morgan fingerprint density at radius 2 is 1.77 bits per heavy atom. The number of ether oxygens (including phenoxy) is 1. The number of morpholine rings is 1. The topological polar surface area (TPSA) is 140 Å². The molecule has 0 unspecified atom stereocenters. The number of anilines is 3. The molecule has 4 N–H and O–H groups in total. The van der Waals surface area contributed by atoms with Gasteiger partial charge in [0.2, 0.25) is 17.8 Å². The second kappa shape index (κ2) is 8.72. The van der Waals surface area contributed by atoms with E-state index in [0.717, 1.165) is 74.5 Å². The van der Waals surface area contributed by atoms with Crippen LogP contribution in [0.1, 0.15) is 31.7 Å². The van der Waals surface area contributed by atoms with E-state index < -0.39 is 5.54 Å². The van der Waals surface area contributed by atoms with E-state index in [1.165, 1.54) is 0 Å². The third kappa shape index (κ3) is 4.15. The van der Waals surface area contributed by atoms with Gasteiger partial charge < -0.3 is 30.9 Å². The van der Waals surface area contributed by atoms with Gasteiger partial charge in [-0.3, -0.25) is 4.79 Å². The first-order valence-corrected chi connectivity index (χ1v) is 12.0. The molecule has 3 aliphatic heterocycles. The summed E-state index contributed by atoms with van der Waals surface area (Å²) in [6.07, 6.45) is 6.73. The van der Waals surface area contributed by atoms with Crippen molar-refractivity contribution < 1.29 is 9.53 Å². The van der Waals surface area contributed by atoms with Crippen molar-refractivity contribution in [3.8, 4) is 11.3 Å². The highest BCUT2D eigenvalue weighted by Gasteiger charge is 2.52. The molecule has 2 aromatic rings. The van der Waals surface area contributed by atoms with Gasteiger partial charge in [0.1, 0.15) is 5.82 Å². The zero-order valence-corrected chi connectivity index (χ0v) is 20.8. The maximum Gasteiger partial charge on any atom is 0.242 e. The van der Waals surface area contributed by atoms with E-state index >= 15 is 0 Å². The third-order valence-corrected chi connectivity index (χ3v) is 7.66. The minimum absolute atomic E-state index is 0. The van der Waals surface area contributed by atoms with Crippen molar-refractivity contribution in [3.05, 3.63) is 18.0 Å².